The predicted molar refractivity (Wildman–Crippen MR) is 78.2 cm³/mol. The molecule has 0 atom stereocenters. The van der Waals surface area contributed by atoms with Crippen molar-refractivity contribution in [2.45, 2.75) is 33.6 Å². The second kappa shape index (κ2) is 7.68. The fourth-order valence-electron chi connectivity index (χ4n) is 1.52. The van der Waals surface area contributed by atoms with E-state index in [4.69, 9.17) is 4.74 Å². The number of carbonyl (C=O) groups is 2. The SMILES string of the molecule is CCC(C)(C)C(=O)OCCNC(=O)Cc1ccccc1. The van der Waals surface area contributed by atoms with E-state index in [1.807, 2.05) is 51.1 Å². The van der Waals surface area contributed by atoms with Crippen molar-refractivity contribution in [3.05, 3.63) is 35.9 Å². The van der Waals surface area contributed by atoms with Crippen LogP contribution in [0.1, 0.15) is 32.8 Å². The second-order valence-electron chi connectivity index (χ2n) is 5.39. The Morgan fingerprint density at radius 1 is 1.20 bits per heavy atom. The summed E-state index contributed by atoms with van der Waals surface area (Å²) in [6, 6.07) is 9.53. The fraction of sp³-hybridized carbons (Fsp3) is 0.500. The lowest BCUT2D eigenvalue weighted by atomic mass is 9.91. The van der Waals surface area contributed by atoms with Gasteiger partial charge in [-0.3, -0.25) is 9.59 Å². The highest BCUT2D eigenvalue weighted by Gasteiger charge is 2.26. The number of carbonyl (C=O) groups excluding carboxylic acids is 2. The van der Waals surface area contributed by atoms with Crippen LogP contribution in [0, 0.1) is 5.41 Å². The molecule has 0 spiro atoms. The van der Waals surface area contributed by atoms with Gasteiger partial charge in [-0.25, -0.2) is 0 Å². The highest BCUT2D eigenvalue weighted by Crippen LogP contribution is 2.21. The number of benzene rings is 1. The van der Waals surface area contributed by atoms with E-state index in [-0.39, 0.29) is 18.5 Å². The van der Waals surface area contributed by atoms with E-state index in [2.05, 4.69) is 5.32 Å². The van der Waals surface area contributed by atoms with Crippen molar-refractivity contribution in [2.24, 2.45) is 5.41 Å². The lowest BCUT2D eigenvalue weighted by Gasteiger charge is -2.20. The minimum atomic E-state index is -0.464. The topological polar surface area (TPSA) is 55.4 Å². The number of hydrogen-bond acceptors (Lipinski definition) is 3. The summed E-state index contributed by atoms with van der Waals surface area (Å²) >= 11 is 0. The van der Waals surface area contributed by atoms with Crippen molar-refractivity contribution in [3.63, 3.8) is 0 Å². The van der Waals surface area contributed by atoms with Gasteiger partial charge in [0, 0.05) is 0 Å². The lowest BCUT2D eigenvalue weighted by Crippen LogP contribution is -2.32. The molecule has 4 nitrogen and oxygen atoms in total. The maximum Gasteiger partial charge on any atom is 0.311 e. The van der Waals surface area contributed by atoms with Crippen LogP contribution in [0.4, 0.5) is 0 Å². The van der Waals surface area contributed by atoms with E-state index < -0.39 is 5.41 Å². The molecule has 0 heterocycles. The molecular weight excluding hydrogens is 254 g/mol. The zero-order chi connectivity index (χ0) is 15.0. The van der Waals surface area contributed by atoms with E-state index in [1.54, 1.807) is 0 Å². The Bertz CT molecular complexity index is 440. The Kier molecular flexibility index (Phi) is 6.22. The molecular formula is C16H23NO3. The van der Waals surface area contributed by atoms with Gasteiger partial charge >= 0.3 is 5.97 Å². The predicted octanol–water partition coefficient (Wildman–Crippen LogP) is 2.32. The molecule has 110 valence electrons. The number of amides is 1. The van der Waals surface area contributed by atoms with Crippen molar-refractivity contribution in [2.75, 3.05) is 13.2 Å². The van der Waals surface area contributed by atoms with E-state index in [9.17, 15) is 9.59 Å². The summed E-state index contributed by atoms with van der Waals surface area (Å²) in [5.41, 5.74) is 0.503. The van der Waals surface area contributed by atoms with Gasteiger partial charge < -0.3 is 10.1 Å². The van der Waals surface area contributed by atoms with E-state index in [0.717, 1.165) is 12.0 Å². The Hall–Kier alpha value is -1.84. The molecule has 0 radical (unpaired) electrons. The highest BCUT2D eigenvalue weighted by molar-refractivity contribution is 5.78. The normalized spacial score (nSPS) is 10.9. The van der Waals surface area contributed by atoms with Crippen molar-refractivity contribution < 1.29 is 14.3 Å². The minimum Gasteiger partial charge on any atom is -0.463 e. The molecule has 0 aromatic heterocycles. The summed E-state index contributed by atoms with van der Waals surface area (Å²) in [4.78, 5) is 23.4. The Balaban J connectivity index is 2.21. The monoisotopic (exact) mass is 277 g/mol. The average Bonchev–Trinajstić information content (AvgIpc) is 2.44. The molecule has 0 unspecified atom stereocenters. The van der Waals surface area contributed by atoms with Gasteiger partial charge in [-0.1, -0.05) is 37.3 Å². The third kappa shape index (κ3) is 5.43. The average molecular weight is 277 g/mol. The van der Waals surface area contributed by atoms with Gasteiger partial charge in [0.25, 0.3) is 0 Å². The van der Waals surface area contributed by atoms with Crippen LogP contribution in [0.2, 0.25) is 0 Å². The fourth-order valence-corrected chi connectivity index (χ4v) is 1.52. The van der Waals surface area contributed by atoms with E-state index in [0.29, 0.717) is 13.0 Å². The first-order valence-corrected chi connectivity index (χ1v) is 6.93. The van der Waals surface area contributed by atoms with Crippen molar-refractivity contribution in [1.29, 1.82) is 0 Å². The number of rotatable bonds is 7. The van der Waals surface area contributed by atoms with Gasteiger partial charge in [0.2, 0.25) is 5.91 Å². The summed E-state index contributed by atoms with van der Waals surface area (Å²) in [6.07, 6.45) is 1.07. The van der Waals surface area contributed by atoms with Crippen LogP contribution in [-0.4, -0.2) is 25.0 Å². The first-order valence-electron chi connectivity index (χ1n) is 6.93. The molecule has 0 saturated carbocycles. The molecule has 0 saturated heterocycles. The first kappa shape index (κ1) is 16.2. The maximum atomic E-state index is 11.7. The van der Waals surface area contributed by atoms with Gasteiger partial charge in [0.15, 0.2) is 0 Å². The summed E-state index contributed by atoms with van der Waals surface area (Å²) in [5.74, 6) is -0.292. The summed E-state index contributed by atoms with van der Waals surface area (Å²) in [5, 5.41) is 2.74. The van der Waals surface area contributed by atoms with Gasteiger partial charge in [0.05, 0.1) is 18.4 Å². The maximum absolute atomic E-state index is 11.7. The number of hydrogen-bond donors (Lipinski definition) is 1. The molecule has 0 fully saturated rings. The molecule has 1 N–H and O–H groups in total. The molecule has 1 amide bonds. The van der Waals surface area contributed by atoms with Crippen molar-refractivity contribution >= 4 is 11.9 Å². The van der Waals surface area contributed by atoms with Gasteiger partial charge in [-0.15, -0.1) is 0 Å². The second-order valence-corrected chi connectivity index (χ2v) is 5.39. The largest absolute Gasteiger partial charge is 0.463 e. The number of nitrogens with one attached hydrogen (secondary N) is 1. The third-order valence-electron chi connectivity index (χ3n) is 3.30. The van der Waals surface area contributed by atoms with Crippen LogP contribution in [0.15, 0.2) is 30.3 Å². The summed E-state index contributed by atoms with van der Waals surface area (Å²) in [7, 11) is 0. The van der Waals surface area contributed by atoms with Gasteiger partial charge in [-0.05, 0) is 25.8 Å². The van der Waals surface area contributed by atoms with Crippen LogP contribution in [0.3, 0.4) is 0 Å². The molecule has 4 heteroatoms. The lowest BCUT2D eigenvalue weighted by molar-refractivity contribution is -0.154. The highest BCUT2D eigenvalue weighted by atomic mass is 16.5. The van der Waals surface area contributed by atoms with Crippen LogP contribution in [0.5, 0.6) is 0 Å². The number of esters is 1. The molecule has 0 aliphatic carbocycles. The quantitative estimate of drug-likeness (QED) is 0.614. The van der Waals surface area contributed by atoms with E-state index in [1.165, 1.54) is 0 Å². The smallest absolute Gasteiger partial charge is 0.311 e. The van der Waals surface area contributed by atoms with E-state index >= 15 is 0 Å². The standard InChI is InChI=1S/C16H23NO3/c1-4-16(2,3)15(19)20-11-10-17-14(18)12-13-8-6-5-7-9-13/h5-9H,4,10-12H2,1-3H3,(H,17,18). The Morgan fingerprint density at radius 2 is 1.85 bits per heavy atom. The molecule has 0 aliphatic rings. The minimum absolute atomic E-state index is 0.0676. The van der Waals surface area contributed by atoms with Gasteiger partial charge in [0.1, 0.15) is 6.61 Å². The van der Waals surface area contributed by atoms with Gasteiger partial charge in [-0.2, -0.15) is 0 Å². The zero-order valence-corrected chi connectivity index (χ0v) is 12.4. The first-order chi connectivity index (χ1) is 9.45. The molecule has 20 heavy (non-hydrogen) atoms. The zero-order valence-electron chi connectivity index (χ0n) is 12.4. The van der Waals surface area contributed by atoms with Crippen LogP contribution in [0.25, 0.3) is 0 Å². The summed E-state index contributed by atoms with van der Waals surface area (Å²) in [6.45, 7) is 6.20. The number of ether oxygens (including phenoxy) is 1. The Morgan fingerprint density at radius 3 is 2.45 bits per heavy atom. The van der Waals surface area contributed by atoms with Crippen LogP contribution in [-0.2, 0) is 20.7 Å². The van der Waals surface area contributed by atoms with Crippen molar-refractivity contribution in [1.82, 2.24) is 5.32 Å². The molecule has 1 rings (SSSR count). The summed E-state index contributed by atoms with van der Waals surface area (Å²) < 4.78 is 5.14. The molecule has 0 bridgehead atoms. The molecule has 1 aromatic rings. The molecule has 1 aromatic carbocycles. The van der Waals surface area contributed by atoms with Crippen LogP contribution < -0.4 is 5.32 Å². The van der Waals surface area contributed by atoms with Crippen molar-refractivity contribution in [3.8, 4) is 0 Å². The third-order valence-corrected chi connectivity index (χ3v) is 3.30. The van der Waals surface area contributed by atoms with Crippen LogP contribution >= 0.6 is 0 Å². The Labute approximate surface area is 120 Å². The molecule has 0 aliphatic heterocycles.